The molecule has 0 radical (unpaired) electrons. The molecular formula is C26H33FN2O3. The van der Waals surface area contributed by atoms with E-state index in [2.05, 4.69) is 16.8 Å². The first-order valence-corrected chi connectivity index (χ1v) is 10.3. The molecule has 1 amide bonds. The Bertz CT molecular complexity index is 975. The molecule has 0 aliphatic heterocycles. The Morgan fingerprint density at radius 2 is 1.97 bits per heavy atom. The van der Waals surface area contributed by atoms with Crippen molar-refractivity contribution in [2.75, 3.05) is 14.2 Å². The van der Waals surface area contributed by atoms with Gasteiger partial charge in [-0.1, -0.05) is 36.1 Å². The van der Waals surface area contributed by atoms with E-state index in [1.165, 1.54) is 20.9 Å². The monoisotopic (exact) mass is 440 g/mol. The fraction of sp³-hybridized carbons (Fsp3) is 0.385. The van der Waals surface area contributed by atoms with Crippen LogP contribution in [0.15, 0.2) is 76.0 Å². The fourth-order valence-electron chi connectivity index (χ4n) is 2.39. The van der Waals surface area contributed by atoms with Crippen LogP contribution in [0.1, 0.15) is 48.0 Å². The zero-order valence-corrected chi connectivity index (χ0v) is 20.2. The van der Waals surface area contributed by atoms with E-state index in [1.54, 1.807) is 34.0 Å². The summed E-state index contributed by atoms with van der Waals surface area (Å²) in [5, 5.41) is 0. The largest absolute Gasteiger partial charge is 0.497 e. The number of methoxy groups -OCH3 is 1. The van der Waals surface area contributed by atoms with Crippen molar-refractivity contribution in [2.45, 2.75) is 53.6 Å². The van der Waals surface area contributed by atoms with E-state index in [4.69, 9.17) is 9.47 Å². The number of ether oxygens (including phenoxy) is 2. The van der Waals surface area contributed by atoms with Crippen LogP contribution >= 0.6 is 0 Å². The number of aliphatic imine (C=N–C) groups is 1. The van der Waals surface area contributed by atoms with Gasteiger partial charge in [0.2, 0.25) is 5.95 Å². The maximum Gasteiger partial charge on any atom is 0.415 e. The Morgan fingerprint density at radius 3 is 2.59 bits per heavy atom. The lowest BCUT2D eigenvalue weighted by molar-refractivity contribution is 0.0401. The van der Waals surface area contributed by atoms with Crippen LogP contribution in [0, 0.1) is 11.8 Å². The highest BCUT2D eigenvalue weighted by Crippen LogP contribution is 2.15. The average Bonchev–Trinajstić information content (AvgIpc) is 2.78. The number of halogens is 1. The molecule has 1 aliphatic carbocycles. The smallest absolute Gasteiger partial charge is 0.415 e. The molecule has 1 aliphatic rings. The van der Waals surface area contributed by atoms with Crippen molar-refractivity contribution in [2.24, 2.45) is 4.99 Å². The summed E-state index contributed by atoms with van der Waals surface area (Å²) in [5.41, 5.74) is 1.63. The zero-order valence-electron chi connectivity index (χ0n) is 20.2. The molecule has 0 N–H and O–H groups in total. The maximum absolute atomic E-state index is 14.4. The van der Waals surface area contributed by atoms with Gasteiger partial charge in [0.15, 0.2) is 0 Å². The number of hydrogen-bond donors (Lipinski definition) is 0. The predicted octanol–water partition coefficient (Wildman–Crippen LogP) is 6.40. The number of amides is 1. The van der Waals surface area contributed by atoms with E-state index in [-0.39, 0.29) is 11.4 Å². The number of carbonyl (C=O) groups excluding carboxylic acids is 1. The highest BCUT2D eigenvalue weighted by molar-refractivity contribution is 5.94. The lowest BCUT2D eigenvalue weighted by Gasteiger charge is -2.24. The quantitative estimate of drug-likeness (QED) is 0.221. The second-order valence-corrected chi connectivity index (χ2v) is 8.23. The van der Waals surface area contributed by atoms with Gasteiger partial charge >= 0.3 is 6.09 Å². The van der Waals surface area contributed by atoms with Crippen molar-refractivity contribution >= 4 is 11.9 Å². The standard InChI is InChI=1S/C26H33FN2O3/c1-19-17-22(15-11-12-16-23(18-19)31-8)14-10-9-13-20(2)24(27)28-21(3)29(7)25(30)32-26(4,5)6/h10-12,14,16-18H,15H2,1-8H3/b12-11+,14-10+,19-18+,22-17-,23-16+,24-20+,28-21+. The highest BCUT2D eigenvalue weighted by Gasteiger charge is 2.21. The number of carbonyl (C=O) groups is 1. The normalized spacial score (nSPS) is 21.7. The minimum Gasteiger partial charge on any atom is -0.497 e. The molecule has 6 heteroatoms. The first-order valence-electron chi connectivity index (χ1n) is 10.3. The van der Waals surface area contributed by atoms with Gasteiger partial charge in [0.25, 0.3) is 0 Å². The Balaban J connectivity index is 2.91. The third-order valence-electron chi connectivity index (χ3n) is 4.13. The fourth-order valence-corrected chi connectivity index (χ4v) is 2.39. The Kier molecular flexibility index (Phi) is 10.4. The number of rotatable bonds is 3. The summed E-state index contributed by atoms with van der Waals surface area (Å²) in [5.74, 6) is 5.77. The topological polar surface area (TPSA) is 51.1 Å². The van der Waals surface area contributed by atoms with E-state index in [0.717, 1.165) is 28.2 Å². The molecular weight excluding hydrogens is 407 g/mol. The molecule has 0 aromatic rings. The minimum atomic E-state index is -0.750. The van der Waals surface area contributed by atoms with Gasteiger partial charge in [-0.05, 0) is 77.3 Å². The van der Waals surface area contributed by atoms with Gasteiger partial charge in [0.05, 0.1) is 12.7 Å². The molecule has 0 aromatic carbocycles. The predicted molar refractivity (Wildman–Crippen MR) is 129 cm³/mol. The highest BCUT2D eigenvalue weighted by atomic mass is 19.1. The lowest BCUT2D eigenvalue weighted by atomic mass is 10.1. The van der Waals surface area contributed by atoms with Gasteiger partial charge in [0, 0.05) is 7.05 Å². The molecule has 0 heterocycles. The number of nitrogens with zero attached hydrogens (tertiary/aromatic N) is 2. The average molecular weight is 441 g/mol. The van der Waals surface area contributed by atoms with Gasteiger partial charge in [-0.3, -0.25) is 4.90 Å². The zero-order chi connectivity index (χ0) is 24.3. The molecule has 0 atom stereocenters. The van der Waals surface area contributed by atoms with Crippen molar-refractivity contribution in [3.63, 3.8) is 0 Å². The van der Waals surface area contributed by atoms with Crippen LogP contribution < -0.4 is 0 Å². The van der Waals surface area contributed by atoms with E-state index in [9.17, 15) is 9.18 Å². The summed E-state index contributed by atoms with van der Waals surface area (Å²) < 4.78 is 24.9. The summed E-state index contributed by atoms with van der Waals surface area (Å²) in [6, 6.07) is 0. The van der Waals surface area contributed by atoms with Crippen molar-refractivity contribution in [1.82, 2.24) is 4.90 Å². The summed E-state index contributed by atoms with van der Waals surface area (Å²) in [7, 11) is 3.11. The third-order valence-corrected chi connectivity index (χ3v) is 4.13. The van der Waals surface area contributed by atoms with Gasteiger partial charge in [0.1, 0.15) is 17.2 Å². The molecule has 32 heavy (non-hydrogen) atoms. The molecule has 0 fully saturated rings. The van der Waals surface area contributed by atoms with Gasteiger partial charge in [-0.15, -0.1) is 0 Å². The Hall–Kier alpha value is -3.33. The molecule has 0 aromatic heterocycles. The third kappa shape index (κ3) is 10.1. The van der Waals surface area contributed by atoms with Gasteiger partial charge < -0.3 is 9.47 Å². The van der Waals surface area contributed by atoms with Crippen LogP contribution in [-0.2, 0) is 9.47 Å². The minimum absolute atomic E-state index is 0.167. The Labute approximate surface area is 191 Å². The van der Waals surface area contributed by atoms with Crippen molar-refractivity contribution in [3.8, 4) is 11.8 Å². The van der Waals surface area contributed by atoms with Crippen LogP contribution in [-0.4, -0.2) is 36.6 Å². The molecule has 5 nitrogen and oxygen atoms in total. The van der Waals surface area contributed by atoms with Crippen LogP contribution in [0.2, 0.25) is 0 Å². The van der Waals surface area contributed by atoms with Crippen LogP contribution in [0.4, 0.5) is 9.18 Å². The molecule has 172 valence electrons. The van der Waals surface area contributed by atoms with Gasteiger partial charge in [-0.25, -0.2) is 9.79 Å². The lowest BCUT2D eigenvalue weighted by Crippen LogP contribution is -2.37. The molecule has 0 saturated carbocycles. The second kappa shape index (κ2) is 12.5. The Morgan fingerprint density at radius 1 is 1.28 bits per heavy atom. The summed E-state index contributed by atoms with van der Waals surface area (Å²) >= 11 is 0. The summed E-state index contributed by atoms with van der Waals surface area (Å²) in [6.45, 7) is 10.3. The summed E-state index contributed by atoms with van der Waals surface area (Å²) in [6.07, 6.45) is 13.6. The molecule has 0 unspecified atom stereocenters. The van der Waals surface area contributed by atoms with E-state index < -0.39 is 17.6 Å². The van der Waals surface area contributed by atoms with Crippen molar-refractivity contribution in [1.29, 1.82) is 0 Å². The van der Waals surface area contributed by atoms with Crippen molar-refractivity contribution in [3.05, 3.63) is 71.0 Å². The first-order chi connectivity index (χ1) is 14.9. The van der Waals surface area contributed by atoms with E-state index in [1.807, 2.05) is 43.4 Å². The van der Waals surface area contributed by atoms with Gasteiger partial charge in [-0.2, -0.15) is 4.39 Å². The van der Waals surface area contributed by atoms with E-state index in [0.29, 0.717) is 0 Å². The number of allylic oxidation sites excluding steroid dienone is 10. The molecule has 0 bridgehead atoms. The van der Waals surface area contributed by atoms with Crippen LogP contribution in [0.25, 0.3) is 0 Å². The van der Waals surface area contributed by atoms with E-state index >= 15 is 0 Å². The van der Waals surface area contributed by atoms with Crippen molar-refractivity contribution < 1.29 is 18.7 Å². The summed E-state index contributed by atoms with van der Waals surface area (Å²) in [4.78, 5) is 17.1. The second-order valence-electron chi connectivity index (χ2n) is 8.23. The number of hydrogen-bond acceptors (Lipinski definition) is 4. The molecule has 1 rings (SSSR count). The van der Waals surface area contributed by atoms with Crippen LogP contribution in [0.3, 0.4) is 0 Å². The molecule has 0 spiro atoms. The first kappa shape index (κ1) is 26.7. The SMILES string of the molecule is COC1=C/C=C/CC(/C=C/C#C/C(C)=C(F)/N=C(\C)N(C)C(=O)OC(C)(C)C)=C\C(C)=C\1. The van der Waals surface area contributed by atoms with Crippen LogP contribution in [0.5, 0.6) is 0 Å². The maximum atomic E-state index is 14.4. The number of amidine groups is 1. The molecule has 0 saturated heterocycles.